The van der Waals surface area contributed by atoms with Gasteiger partial charge in [0.25, 0.3) is 5.91 Å². The number of carbonyl (C=O) groups excluding carboxylic acids is 1. The van der Waals surface area contributed by atoms with Crippen molar-refractivity contribution in [1.82, 2.24) is 10.3 Å². The lowest BCUT2D eigenvalue weighted by Gasteiger charge is -2.17. The lowest BCUT2D eigenvalue weighted by molar-refractivity contribution is -0.130. The van der Waals surface area contributed by atoms with Crippen LogP contribution in [0.5, 0.6) is 0 Å². The van der Waals surface area contributed by atoms with E-state index in [1.807, 2.05) is 37.3 Å². The highest BCUT2D eigenvalue weighted by Gasteiger charge is 2.19. The molecule has 4 heteroatoms. The second-order valence-corrected chi connectivity index (χ2v) is 4.33. The Morgan fingerprint density at radius 2 is 1.84 bits per heavy atom. The molecule has 2 aromatic rings. The molecule has 1 heterocycles. The predicted octanol–water partition coefficient (Wildman–Crippen LogP) is 1.99. The molecule has 1 aromatic carbocycles. The highest BCUT2D eigenvalue weighted by Crippen LogP contribution is 2.15. The summed E-state index contributed by atoms with van der Waals surface area (Å²) in [6.07, 6.45) is 1.89. The zero-order valence-electron chi connectivity index (χ0n) is 10.7. The van der Waals surface area contributed by atoms with Crippen LogP contribution in [0.2, 0.25) is 0 Å². The van der Waals surface area contributed by atoms with Crippen molar-refractivity contribution in [3.8, 4) is 0 Å². The molecule has 2 atom stereocenters. The monoisotopic (exact) mass is 256 g/mol. The topological polar surface area (TPSA) is 62.2 Å². The fraction of sp³-hybridized carbons (Fsp3) is 0.200. The van der Waals surface area contributed by atoms with Crippen molar-refractivity contribution in [1.29, 1.82) is 0 Å². The molecule has 4 nitrogen and oxygen atoms in total. The van der Waals surface area contributed by atoms with Crippen molar-refractivity contribution < 1.29 is 9.90 Å². The first-order valence-electron chi connectivity index (χ1n) is 6.12. The van der Waals surface area contributed by atoms with Crippen LogP contribution in [0.15, 0.2) is 54.9 Å². The normalized spacial score (nSPS) is 13.6. The van der Waals surface area contributed by atoms with E-state index in [-0.39, 0.29) is 6.04 Å². The number of hydrogen-bond acceptors (Lipinski definition) is 3. The van der Waals surface area contributed by atoms with E-state index in [0.29, 0.717) is 5.56 Å². The van der Waals surface area contributed by atoms with Gasteiger partial charge in [-0.25, -0.2) is 0 Å². The van der Waals surface area contributed by atoms with Gasteiger partial charge >= 0.3 is 0 Å². The van der Waals surface area contributed by atoms with E-state index in [1.54, 1.807) is 18.3 Å². The number of carbonyl (C=O) groups is 1. The van der Waals surface area contributed by atoms with Gasteiger partial charge in [-0.3, -0.25) is 9.78 Å². The van der Waals surface area contributed by atoms with Crippen LogP contribution in [0.3, 0.4) is 0 Å². The number of nitrogens with one attached hydrogen (secondary N) is 1. The van der Waals surface area contributed by atoms with E-state index in [9.17, 15) is 9.90 Å². The summed E-state index contributed by atoms with van der Waals surface area (Å²) in [5.74, 6) is -0.427. The molecule has 0 unspecified atom stereocenters. The van der Waals surface area contributed by atoms with Gasteiger partial charge in [-0.1, -0.05) is 36.4 Å². The minimum absolute atomic E-state index is 0.153. The molecule has 0 fully saturated rings. The van der Waals surface area contributed by atoms with Crippen molar-refractivity contribution in [2.45, 2.75) is 19.1 Å². The zero-order valence-corrected chi connectivity index (χ0v) is 10.7. The Bertz CT molecular complexity index is 528. The number of amides is 1. The molecule has 0 aliphatic rings. The first kappa shape index (κ1) is 13.2. The molecule has 0 bridgehead atoms. The number of hydrogen-bond donors (Lipinski definition) is 2. The van der Waals surface area contributed by atoms with E-state index in [2.05, 4.69) is 10.3 Å². The van der Waals surface area contributed by atoms with Crippen molar-refractivity contribution in [2.75, 3.05) is 0 Å². The molecule has 19 heavy (non-hydrogen) atoms. The van der Waals surface area contributed by atoms with Crippen LogP contribution < -0.4 is 5.32 Å². The number of rotatable bonds is 4. The van der Waals surface area contributed by atoms with Crippen LogP contribution in [-0.4, -0.2) is 16.0 Å². The third kappa shape index (κ3) is 3.39. The Morgan fingerprint density at radius 1 is 1.16 bits per heavy atom. The number of benzene rings is 1. The third-order valence-electron chi connectivity index (χ3n) is 2.91. The first-order chi connectivity index (χ1) is 9.18. The quantitative estimate of drug-likeness (QED) is 0.879. The van der Waals surface area contributed by atoms with Crippen LogP contribution in [0.25, 0.3) is 0 Å². The van der Waals surface area contributed by atoms with Crippen molar-refractivity contribution in [3.05, 3.63) is 66.0 Å². The molecule has 1 aromatic heterocycles. The van der Waals surface area contributed by atoms with Crippen LogP contribution in [0, 0.1) is 0 Å². The van der Waals surface area contributed by atoms with Crippen molar-refractivity contribution >= 4 is 5.91 Å². The number of pyridine rings is 1. The highest BCUT2D eigenvalue weighted by molar-refractivity contribution is 5.82. The van der Waals surface area contributed by atoms with Gasteiger partial charge in [0.15, 0.2) is 6.10 Å². The fourth-order valence-electron chi connectivity index (χ4n) is 1.81. The lowest BCUT2D eigenvalue weighted by Crippen LogP contribution is -2.31. The SMILES string of the molecule is C[C@H](NC(=O)[C@@H](O)c1cccnc1)c1ccccc1. The Hall–Kier alpha value is -2.20. The zero-order chi connectivity index (χ0) is 13.7. The Morgan fingerprint density at radius 3 is 2.47 bits per heavy atom. The van der Waals surface area contributed by atoms with Crippen LogP contribution >= 0.6 is 0 Å². The Kier molecular flexibility index (Phi) is 4.26. The molecule has 0 spiro atoms. The van der Waals surface area contributed by atoms with Crippen molar-refractivity contribution in [3.63, 3.8) is 0 Å². The van der Waals surface area contributed by atoms with Crippen LogP contribution in [0.1, 0.15) is 30.2 Å². The molecular formula is C15H16N2O2. The summed E-state index contributed by atoms with van der Waals surface area (Å²) < 4.78 is 0. The summed E-state index contributed by atoms with van der Waals surface area (Å²) in [6.45, 7) is 1.88. The molecule has 2 N–H and O–H groups in total. The number of aliphatic hydroxyl groups is 1. The molecular weight excluding hydrogens is 240 g/mol. The third-order valence-corrected chi connectivity index (χ3v) is 2.91. The summed E-state index contributed by atoms with van der Waals surface area (Å²) in [6, 6.07) is 12.8. The minimum atomic E-state index is -1.19. The second kappa shape index (κ2) is 6.11. The maximum atomic E-state index is 11.9. The average Bonchev–Trinajstić information content (AvgIpc) is 2.48. The van der Waals surface area contributed by atoms with Crippen LogP contribution in [0.4, 0.5) is 0 Å². The highest BCUT2D eigenvalue weighted by atomic mass is 16.3. The summed E-state index contributed by atoms with van der Waals surface area (Å²) in [4.78, 5) is 15.8. The summed E-state index contributed by atoms with van der Waals surface area (Å²) >= 11 is 0. The van der Waals surface area contributed by atoms with Gasteiger partial charge in [-0.05, 0) is 18.6 Å². The molecule has 0 saturated carbocycles. The van der Waals surface area contributed by atoms with E-state index >= 15 is 0 Å². The maximum absolute atomic E-state index is 11.9. The second-order valence-electron chi connectivity index (χ2n) is 4.33. The Labute approximate surface area is 112 Å². The molecule has 98 valence electrons. The lowest BCUT2D eigenvalue weighted by atomic mass is 10.1. The molecule has 0 radical (unpaired) electrons. The van der Waals surface area contributed by atoms with Gasteiger partial charge in [-0.2, -0.15) is 0 Å². The summed E-state index contributed by atoms with van der Waals surface area (Å²) in [5, 5.41) is 12.7. The standard InChI is InChI=1S/C15H16N2O2/c1-11(12-6-3-2-4-7-12)17-15(19)14(18)13-8-5-9-16-10-13/h2-11,14,18H,1H3,(H,17,19)/t11-,14-/m0/s1. The predicted molar refractivity (Wildman–Crippen MR) is 72.2 cm³/mol. The number of aliphatic hydroxyl groups excluding tert-OH is 1. The van der Waals surface area contributed by atoms with Gasteiger partial charge in [-0.15, -0.1) is 0 Å². The Balaban J connectivity index is 2.02. The molecule has 1 amide bonds. The minimum Gasteiger partial charge on any atom is -0.378 e. The molecule has 2 rings (SSSR count). The number of nitrogens with zero attached hydrogens (tertiary/aromatic N) is 1. The van der Waals surface area contributed by atoms with E-state index in [0.717, 1.165) is 5.56 Å². The van der Waals surface area contributed by atoms with Crippen LogP contribution in [-0.2, 0) is 4.79 Å². The maximum Gasteiger partial charge on any atom is 0.254 e. The fourth-order valence-corrected chi connectivity index (χ4v) is 1.81. The van der Waals surface area contributed by atoms with E-state index in [1.165, 1.54) is 6.20 Å². The molecule has 0 aliphatic carbocycles. The van der Waals surface area contributed by atoms with Gasteiger partial charge in [0.05, 0.1) is 6.04 Å². The average molecular weight is 256 g/mol. The van der Waals surface area contributed by atoms with E-state index < -0.39 is 12.0 Å². The largest absolute Gasteiger partial charge is 0.378 e. The van der Waals surface area contributed by atoms with Gasteiger partial charge in [0.2, 0.25) is 0 Å². The first-order valence-corrected chi connectivity index (χ1v) is 6.12. The van der Waals surface area contributed by atoms with E-state index in [4.69, 9.17) is 0 Å². The smallest absolute Gasteiger partial charge is 0.254 e. The molecule has 0 aliphatic heterocycles. The van der Waals surface area contributed by atoms with Crippen molar-refractivity contribution in [2.24, 2.45) is 0 Å². The number of aromatic nitrogens is 1. The van der Waals surface area contributed by atoms with Gasteiger partial charge in [0.1, 0.15) is 0 Å². The summed E-state index contributed by atoms with van der Waals surface area (Å²) in [5.41, 5.74) is 1.48. The molecule has 0 saturated heterocycles. The van der Waals surface area contributed by atoms with Gasteiger partial charge < -0.3 is 10.4 Å². The summed E-state index contributed by atoms with van der Waals surface area (Å²) in [7, 11) is 0. The van der Waals surface area contributed by atoms with Gasteiger partial charge in [0, 0.05) is 18.0 Å².